The fourth-order valence-electron chi connectivity index (χ4n) is 5.08. The fourth-order valence-corrected chi connectivity index (χ4v) is 5.08. The second kappa shape index (κ2) is 23.2. The number of amides is 5. The van der Waals surface area contributed by atoms with Gasteiger partial charge in [0, 0.05) is 32.5 Å². The highest BCUT2D eigenvalue weighted by atomic mass is 16.7. The second-order valence-electron chi connectivity index (χ2n) is 15.2. The van der Waals surface area contributed by atoms with Gasteiger partial charge in [-0.15, -0.1) is 0 Å². The minimum Gasteiger partial charge on any atom is -0.475 e. The van der Waals surface area contributed by atoms with Gasteiger partial charge in [-0.1, -0.05) is 13.0 Å². The number of aliphatic hydroxyl groups is 2. The highest BCUT2D eigenvalue weighted by Crippen LogP contribution is 2.30. The van der Waals surface area contributed by atoms with Crippen LogP contribution in [0.3, 0.4) is 0 Å². The lowest BCUT2D eigenvalue weighted by molar-refractivity contribution is -0.172. The predicted octanol–water partition coefficient (Wildman–Crippen LogP) is 0.218. The molecule has 5 atom stereocenters. The largest absolute Gasteiger partial charge is 0.506 e. The molecule has 1 heterocycles. The van der Waals surface area contributed by atoms with Crippen LogP contribution < -0.4 is 37.1 Å². The second-order valence-corrected chi connectivity index (χ2v) is 15.2. The smallest absolute Gasteiger partial charge is 0.475 e. The summed E-state index contributed by atoms with van der Waals surface area (Å²) in [6.07, 6.45) is -5.27. The lowest BCUT2D eigenvalue weighted by Crippen LogP contribution is -2.56. The van der Waals surface area contributed by atoms with Crippen LogP contribution in [0.5, 0.6) is 5.75 Å². The highest BCUT2D eigenvalue weighted by molar-refractivity contribution is 5.94. The molecule has 0 saturated heterocycles. The van der Waals surface area contributed by atoms with Crippen LogP contribution >= 0.6 is 0 Å². The Kier molecular flexibility index (Phi) is 19.5. The molecule has 0 spiro atoms. The van der Waals surface area contributed by atoms with Crippen molar-refractivity contribution in [1.29, 1.82) is 0 Å². The zero-order valence-corrected chi connectivity index (χ0v) is 34.1. The quantitative estimate of drug-likeness (QED) is 0.0520. The van der Waals surface area contributed by atoms with E-state index in [2.05, 4.69) is 31.3 Å². The van der Waals surface area contributed by atoms with E-state index in [1.165, 1.54) is 18.2 Å². The Labute approximate surface area is 341 Å². The van der Waals surface area contributed by atoms with E-state index >= 15 is 0 Å². The first-order valence-corrected chi connectivity index (χ1v) is 19.0. The molecule has 0 bridgehead atoms. The van der Waals surface area contributed by atoms with Gasteiger partial charge in [-0.2, -0.15) is 0 Å². The molecule has 59 heavy (non-hydrogen) atoms. The molecule has 0 aromatic heterocycles. The Morgan fingerprint density at radius 2 is 1.59 bits per heavy atom. The Bertz CT molecular complexity index is 1680. The SMILES string of the molecule is CCC(=O)NC(CN)C(=O)N[C@@H](CCCCNC(=O)C(C)(C)COC(C)(C)C)C(=O)NCCC(=O)Nc1cc(COC(=O)O)ccc1OC1OC(C(=O)O)=C[C@H](O)[C@H]1O. The topological polar surface area (TPSA) is 324 Å². The molecule has 1 aliphatic heterocycles. The van der Waals surface area contributed by atoms with E-state index in [1.807, 2.05) is 20.8 Å². The average Bonchev–Trinajstić information content (AvgIpc) is 3.16. The summed E-state index contributed by atoms with van der Waals surface area (Å²) in [6.45, 7) is 10.3. The Hall–Kier alpha value is -5.51. The third-order valence-corrected chi connectivity index (χ3v) is 8.51. The van der Waals surface area contributed by atoms with Crippen molar-refractivity contribution in [2.24, 2.45) is 11.1 Å². The molecule has 1 aromatic rings. The molecule has 0 radical (unpaired) electrons. The lowest BCUT2D eigenvalue weighted by atomic mass is 9.93. The third-order valence-electron chi connectivity index (χ3n) is 8.51. The van der Waals surface area contributed by atoms with E-state index in [0.717, 1.165) is 6.08 Å². The van der Waals surface area contributed by atoms with Crippen LogP contribution in [-0.4, -0.2) is 125 Å². The van der Waals surface area contributed by atoms with E-state index in [0.29, 0.717) is 12.8 Å². The maximum atomic E-state index is 13.4. The molecule has 330 valence electrons. The van der Waals surface area contributed by atoms with Gasteiger partial charge in [0.25, 0.3) is 6.29 Å². The number of carbonyl (C=O) groups excluding carboxylic acids is 5. The van der Waals surface area contributed by atoms with Gasteiger partial charge in [-0.3, -0.25) is 24.0 Å². The summed E-state index contributed by atoms with van der Waals surface area (Å²) in [6, 6.07) is 1.66. The number of carboxylic acids is 1. The van der Waals surface area contributed by atoms with Crippen molar-refractivity contribution in [1.82, 2.24) is 21.3 Å². The van der Waals surface area contributed by atoms with Crippen LogP contribution in [0.2, 0.25) is 0 Å². The van der Waals surface area contributed by atoms with Crippen LogP contribution in [0.15, 0.2) is 30.0 Å². The minimum atomic E-state index is -1.74. The Balaban J connectivity index is 2.13. The Morgan fingerprint density at radius 1 is 0.898 bits per heavy atom. The summed E-state index contributed by atoms with van der Waals surface area (Å²) >= 11 is 0. The first-order chi connectivity index (χ1) is 27.6. The van der Waals surface area contributed by atoms with Gasteiger partial charge in [0.1, 0.15) is 30.5 Å². The van der Waals surface area contributed by atoms with E-state index in [4.69, 9.17) is 25.1 Å². The maximum absolute atomic E-state index is 13.4. The van der Waals surface area contributed by atoms with Gasteiger partial charge in [0.15, 0.2) is 6.10 Å². The molecular weight excluding hydrogens is 780 g/mol. The molecular formula is C38H58N6O15. The number of ether oxygens (including phenoxy) is 4. The maximum Gasteiger partial charge on any atom is 0.506 e. The normalized spacial score (nSPS) is 17.5. The molecule has 1 aromatic carbocycles. The number of hydrogen-bond acceptors (Lipinski definition) is 14. The number of unbranched alkanes of at least 4 members (excludes halogenated alkanes) is 1. The lowest BCUT2D eigenvalue weighted by Gasteiger charge is -2.31. The number of anilines is 1. The monoisotopic (exact) mass is 838 g/mol. The zero-order valence-electron chi connectivity index (χ0n) is 34.1. The van der Waals surface area contributed by atoms with Crippen LogP contribution in [0, 0.1) is 5.41 Å². The average molecular weight is 839 g/mol. The Morgan fingerprint density at radius 3 is 2.20 bits per heavy atom. The summed E-state index contributed by atoms with van der Waals surface area (Å²) in [7, 11) is 0. The number of carbonyl (C=O) groups is 7. The van der Waals surface area contributed by atoms with Crippen molar-refractivity contribution in [3.8, 4) is 5.75 Å². The number of aliphatic carboxylic acids is 1. The molecule has 0 fully saturated rings. The minimum absolute atomic E-state index is 0.0890. The number of nitrogens with two attached hydrogens (primary N) is 1. The van der Waals surface area contributed by atoms with Crippen LogP contribution in [-0.2, 0) is 49.6 Å². The number of carboxylic acid groups (broad SMARTS) is 2. The molecule has 11 N–H and O–H groups in total. The predicted molar refractivity (Wildman–Crippen MR) is 208 cm³/mol. The van der Waals surface area contributed by atoms with E-state index in [1.54, 1.807) is 20.8 Å². The number of aliphatic hydroxyl groups excluding tert-OH is 2. The molecule has 21 heteroatoms. The van der Waals surface area contributed by atoms with Gasteiger partial charge in [0.2, 0.25) is 35.3 Å². The molecule has 2 unspecified atom stereocenters. The van der Waals surface area contributed by atoms with Gasteiger partial charge < -0.3 is 71.7 Å². The van der Waals surface area contributed by atoms with Crippen LogP contribution in [0.4, 0.5) is 10.5 Å². The summed E-state index contributed by atoms with van der Waals surface area (Å²) in [5, 5.41) is 51.8. The van der Waals surface area contributed by atoms with Gasteiger partial charge >= 0.3 is 12.1 Å². The molecule has 21 nitrogen and oxygen atoms in total. The van der Waals surface area contributed by atoms with Crippen molar-refractivity contribution < 1.29 is 72.9 Å². The molecule has 1 aliphatic rings. The van der Waals surface area contributed by atoms with E-state index in [9.17, 15) is 48.9 Å². The number of nitrogens with one attached hydrogen (secondary N) is 5. The number of benzene rings is 1. The van der Waals surface area contributed by atoms with Gasteiger partial charge in [-0.25, -0.2) is 9.59 Å². The molecule has 5 amide bonds. The fraction of sp³-hybridized carbons (Fsp3) is 0.605. The van der Waals surface area contributed by atoms with E-state index in [-0.39, 0.29) is 68.4 Å². The van der Waals surface area contributed by atoms with Crippen molar-refractivity contribution >= 4 is 47.3 Å². The van der Waals surface area contributed by atoms with Crippen molar-refractivity contribution in [2.75, 3.05) is 31.6 Å². The number of rotatable bonds is 23. The van der Waals surface area contributed by atoms with Crippen molar-refractivity contribution in [2.45, 2.75) is 116 Å². The first kappa shape index (κ1) is 49.6. The summed E-state index contributed by atoms with van der Waals surface area (Å²) in [4.78, 5) is 86.8. The van der Waals surface area contributed by atoms with Crippen molar-refractivity contribution in [3.05, 3.63) is 35.6 Å². The van der Waals surface area contributed by atoms with Gasteiger partial charge in [0.05, 0.1) is 23.3 Å². The van der Waals surface area contributed by atoms with Gasteiger partial charge in [-0.05, 0) is 77.7 Å². The zero-order chi connectivity index (χ0) is 44.5. The van der Waals surface area contributed by atoms with Crippen LogP contribution in [0.25, 0.3) is 0 Å². The first-order valence-electron chi connectivity index (χ1n) is 19.0. The molecule has 0 aliphatic carbocycles. The molecule has 0 saturated carbocycles. The summed E-state index contributed by atoms with van der Waals surface area (Å²) in [5.74, 6) is -5.12. The number of hydrogen-bond donors (Lipinski definition) is 10. The summed E-state index contributed by atoms with van der Waals surface area (Å²) < 4.78 is 21.1. The summed E-state index contributed by atoms with van der Waals surface area (Å²) in [5.41, 5.74) is 4.65. The third kappa shape index (κ3) is 17.5. The molecule has 2 rings (SSSR count). The standard InChI is InChI=1S/C38H58N6O15/c1-7-28(46)43-24(18-39)32(50)44-22(10-8-9-14-41-35(53)38(5,6)20-57-37(2,3)4)31(49)40-15-13-29(47)42-23-16-21(19-56-36(54)55)11-12-26(23)58-34-30(48)25(45)17-27(59-34)33(51)52/h11-12,16-17,22,24-25,30,34,45,48H,7-10,13-15,18-20,39H2,1-6H3,(H,40,49)(H,41,53)(H,42,47)(H,43,46)(H,44,50)(H,51,52)(H,54,55)/t22-,24?,25-,30+,34?/m0/s1. The van der Waals surface area contributed by atoms with Crippen molar-refractivity contribution in [3.63, 3.8) is 0 Å². The highest BCUT2D eigenvalue weighted by Gasteiger charge is 2.37. The van der Waals surface area contributed by atoms with Crippen LogP contribution in [0.1, 0.15) is 79.2 Å². The van der Waals surface area contributed by atoms with E-state index < -0.39 is 89.7 Å².